The molecule has 132 valence electrons. The minimum absolute atomic E-state index is 0.0575. The molecule has 0 bridgehead atoms. The van der Waals surface area contributed by atoms with Gasteiger partial charge in [0.2, 0.25) is 5.91 Å². The molecule has 1 saturated carbocycles. The van der Waals surface area contributed by atoms with E-state index in [1.807, 2.05) is 16.3 Å². The number of rotatable bonds is 3. The number of aliphatic hydroxyl groups excluding tert-OH is 1. The molecular weight excluding hydrogens is 337 g/mol. The van der Waals surface area contributed by atoms with Crippen molar-refractivity contribution in [1.29, 1.82) is 0 Å². The van der Waals surface area contributed by atoms with Crippen molar-refractivity contribution in [3.63, 3.8) is 0 Å². The summed E-state index contributed by atoms with van der Waals surface area (Å²) in [5.41, 5.74) is 0.933. The van der Waals surface area contributed by atoms with Crippen LogP contribution < -0.4 is 0 Å². The Hall–Kier alpha value is -1.72. The first-order valence-corrected chi connectivity index (χ1v) is 9.77. The third kappa shape index (κ3) is 3.23. The van der Waals surface area contributed by atoms with Gasteiger partial charge in [0.25, 0.3) is 0 Å². The highest BCUT2D eigenvalue weighted by Gasteiger charge is 2.47. The van der Waals surface area contributed by atoms with Crippen molar-refractivity contribution in [2.75, 3.05) is 0 Å². The normalized spacial score (nSPS) is 29.5. The van der Waals surface area contributed by atoms with Gasteiger partial charge in [-0.2, -0.15) is 0 Å². The van der Waals surface area contributed by atoms with E-state index in [2.05, 4.69) is 6.07 Å². The molecule has 1 aromatic heterocycles. The maximum absolute atomic E-state index is 13.2. The van der Waals surface area contributed by atoms with Gasteiger partial charge in [-0.1, -0.05) is 18.2 Å². The second kappa shape index (κ2) is 6.89. The summed E-state index contributed by atoms with van der Waals surface area (Å²) in [4.78, 5) is 16.0. The van der Waals surface area contributed by atoms with Crippen LogP contribution in [0.2, 0.25) is 0 Å². The third-order valence-corrected chi connectivity index (χ3v) is 6.65. The number of benzene rings is 1. The highest BCUT2D eigenvalue weighted by Crippen LogP contribution is 2.46. The molecule has 4 rings (SSSR count). The van der Waals surface area contributed by atoms with Crippen LogP contribution in [0.1, 0.15) is 42.0 Å². The Morgan fingerprint density at radius 3 is 2.72 bits per heavy atom. The Balaban J connectivity index is 1.63. The van der Waals surface area contributed by atoms with Crippen molar-refractivity contribution in [3.05, 3.63) is 58.0 Å². The fourth-order valence-electron chi connectivity index (χ4n) is 4.49. The van der Waals surface area contributed by atoms with E-state index >= 15 is 0 Å². The van der Waals surface area contributed by atoms with E-state index in [0.29, 0.717) is 13.0 Å². The number of carbonyl (C=O) groups excluding carboxylic acids is 1. The molecule has 2 fully saturated rings. The van der Waals surface area contributed by atoms with Crippen molar-refractivity contribution in [1.82, 2.24) is 4.90 Å². The van der Waals surface area contributed by atoms with Crippen LogP contribution in [0.5, 0.6) is 0 Å². The van der Waals surface area contributed by atoms with Gasteiger partial charge >= 0.3 is 0 Å². The summed E-state index contributed by atoms with van der Waals surface area (Å²) in [6.45, 7) is 0.490. The van der Waals surface area contributed by atoms with Crippen LogP contribution in [0, 0.1) is 11.7 Å². The minimum Gasteiger partial charge on any atom is -0.393 e. The summed E-state index contributed by atoms with van der Waals surface area (Å²) in [7, 11) is 0. The molecule has 25 heavy (non-hydrogen) atoms. The molecule has 1 aliphatic carbocycles. The topological polar surface area (TPSA) is 40.5 Å². The lowest BCUT2D eigenvalue weighted by molar-refractivity contribution is -0.146. The third-order valence-electron chi connectivity index (χ3n) is 5.64. The van der Waals surface area contributed by atoms with Gasteiger partial charge in [-0.05, 0) is 48.4 Å². The zero-order valence-electron chi connectivity index (χ0n) is 14.0. The molecule has 0 unspecified atom stereocenters. The molecule has 1 N–H and O–H groups in total. The van der Waals surface area contributed by atoms with Crippen LogP contribution in [0.25, 0.3) is 0 Å². The van der Waals surface area contributed by atoms with Crippen molar-refractivity contribution >= 4 is 17.2 Å². The van der Waals surface area contributed by atoms with Crippen molar-refractivity contribution < 1.29 is 14.3 Å². The van der Waals surface area contributed by atoms with Crippen LogP contribution in [0.3, 0.4) is 0 Å². The molecule has 1 saturated heterocycles. The van der Waals surface area contributed by atoms with E-state index in [4.69, 9.17) is 0 Å². The molecule has 0 spiro atoms. The number of fused-ring (bicyclic) bond motifs is 1. The number of aliphatic hydroxyl groups is 1. The van der Waals surface area contributed by atoms with Gasteiger partial charge in [-0.3, -0.25) is 4.79 Å². The van der Waals surface area contributed by atoms with Gasteiger partial charge in [0.05, 0.1) is 6.10 Å². The number of nitrogens with zero attached hydrogens (tertiary/aromatic N) is 1. The number of thiophene rings is 1. The van der Waals surface area contributed by atoms with Crippen LogP contribution in [0.4, 0.5) is 4.39 Å². The van der Waals surface area contributed by atoms with Gasteiger partial charge in [0, 0.05) is 35.7 Å². The molecule has 1 aliphatic heterocycles. The first-order chi connectivity index (χ1) is 12.1. The van der Waals surface area contributed by atoms with E-state index in [1.54, 1.807) is 23.5 Å². The number of halogens is 1. The number of carbonyl (C=O) groups is 1. The summed E-state index contributed by atoms with van der Waals surface area (Å²) in [6, 6.07) is 10.5. The molecule has 5 heteroatoms. The van der Waals surface area contributed by atoms with E-state index in [0.717, 1.165) is 24.8 Å². The van der Waals surface area contributed by atoms with Crippen molar-refractivity contribution in [2.24, 2.45) is 5.92 Å². The number of likely N-dealkylation sites (tertiary alicyclic amines) is 1. The lowest BCUT2D eigenvalue weighted by Crippen LogP contribution is -2.56. The molecule has 4 atom stereocenters. The summed E-state index contributed by atoms with van der Waals surface area (Å²) in [6.07, 6.45) is 2.75. The zero-order valence-corrected chi connectivity index (χ0v) is 14.8. The number of hydrogen-bond acceptors (Lipinski definition) is 3. The van der Waals surface area contributed by atoms with E-state index in [1.165, 1.54) is 17.0 Å². The fraction of sp³-hybridized carbons (Fsp3) is 0.450. The lowest BCUT2D eigenvalue weighted by atomic mass is 9.69. The van der Waals surface area contributed by atoms with Gasteiger partial charge in [0.1, 0.15) is 5.82 Å². The van der Waals surface area contributed by atoms with Gasteiger partial charge in [-0.25, -0.2) is 4.39 Å². The molecule has 1 amide bonds. The smallest absolute Gasteiger partial charge is 0.223 e. The second-order valence-electron chi connectivity index (χ2n) is 7.12. The van der Waals surface area contributed by atoms with Crippen LogP contribution in [0.15, 0.2) is 41.8 Å². The molecule has 0 radical (unpaired) electrons. The summed E-state index contributed by atoms with van der Waals surface area (Å²) in [5, 5.41) is 12.7. The SMILES string of the molecule is O=C1C[C@H](c2cccs2)[C@@H]2[C@@H](CCC[C@@H]2O)N1Cc1ccc(F)cc1. The van der Waals surface area contributed by atoms with E-state index in [-0.39, 0.29) is 35.7 Å². The van der Waals surface area contributed by atoms with Crippen LogP contribution in [-0.2, 0) is 11.3 Å². The zero-order chi connectivity index (χ0) is 17.4. The molecule has 3 nitrogen and oxygen atoms in total. The van der Waals surface area contributed by atoms with Crippen molar-refractivity contribution in [2.45, 2.75) is 50.3 Å². The Labute approximate surface area is 151 Å². The predicted octanol–water partition coefficient (Wildman–Crippen LogP) is 3.93. The van der Waals surface area contributed by atoms with Crippen LogP contribution in [-0.4, -0.2) is 28.1 Å². The summed E-state index contributed by atoms with van der Waals surface area (Å²) < 4.78 is 13.2. The minimum atomic E-state index is -0.366. The second-order valence-corrected chi connectivity index (χ2v) is 8.10. The standard InChI is InChI=1S/C20H22FNO2S/c21-14-8-6-13(7-9-14)12-22-16-3-1-4-17(23)20(16)15(11-19(22)24)18-5-2-10-25-18/h2,5-10,15-17,20,23H,1,3-4,11-12H2/t15-,16-,17+,20-/m1/s1. The Bertz CT molecular complexity index is 731. The Morgan fingerprint density at radius 1 is 1.20 bits per heavy atom. The highest BCUT2D eigenvalue weighted by molar-refractivity contribution is 7.10. The molecule has 2 heterocycles. The number of amides is 1. The average molecular weight is 359 g/mol. The quantitative estimate of drug-likeness (QED) is 0.902. The van der Waals surface area contributed by atoms with E-state index < -0.39 is 0 Å². The highest BCUT2D eigenvalue weighted by atomic mass is 32.1. The van der Waals surface area contributed by atoms with Crippen molar-refractivity contribution in [3.8, 4) is 0 Å². The van der Waals surface area contributed by atoms with Crippen LogP contribution >= 0.6 is 11.3 Å². The Morgan fingerprint density at radius 2 is 2.00 bits per heavy atom. The summed E-state index contributed by atoms with van der Waals surface area (Å²) in [5.74, 6) is 0.0679. The predicted molar refractivity (Wildman–Crippen MR) is 95.8 cm³/mol. The van der Waals surface area contributed by atoms with E-state index in [9.17, 15) is 14.3 Å². The number of hydrogen-bond donors (Lipinski definition) is 1. The average Bonchev–Trinajstić information content (AvgIpc) is 3.13. The fourth-order valence-corrected chi connectivity index (χ4v) is 5.37. The maximum atomic E-state index is 13.2. The first-order valence-electron chi connectivity index (χ1n) is 8.89. The first kappa shape index (κ1) is 16.7. The van der Waals surface area contributed by atoms with Gasteiger partial charge in [-0.15, -0.1) is 11.3 Å². The molecule has 2 aliphatic rings. The van der Waals surface area contributed by atoms with Gasteiger partial charge < -0.3 is 10.0 Å². The Kier molecular flexibility index (Phi) is 4.61. The largest absolute Gasteiger partial charge is 0.393 e. The lowest BCUT2D eigenvalue weighted by Gasteiger charge is -2.49. The maximum Gasteiger partial charge on any atom is 0.223 e. The molecular formula is C20H22FNO2S. The van der Waals surface area contributed by atoms with Gasteiger partial charge in [0.15, 0.2) is 0 Å². The monoisotopic (exact) mass is 359 g/mol. The summed E-state index contributed by atoms with van der Waals surface area (Å²) >= 11 is 1.67. The molecule has 2 aromatic rings. The molecule has 1 aromatic carbocycles. The number of piperidine rings is 1.